The molecule has 0 aliphatic rings. The van der Waals surface area contributed by atoms with Gasteiger partial charge in [0, 0.05) is 23.1 Å². The van der Waals surface area contributed by atoms with Crippen LogP contribution in [0.5, 0.6) is 0 Å². The predicted molar refractivity (Wildman–Crippen MR) is 129 cm³/mol. The minimum absolute atomic E-state index is 0.258. The van der Waals surface area contributed by atoms with Gasteiger partial charge in [0.2, 0.25) is 5.89 Å². The maximum absolute atomic E-state index is 12.9. The zero-order valence-corrected chi connectivity index (χ0v) is 18.8. The lowest BCUT2D eigenvalue weighted by molar-refractivity contribution is -0.144. The second-order valence-electron chi connectivity index (χ2n) is 7.58. The molecule has 0 radical (unpaired) electrons. The number of nitrogens with zero attached hydrogens (tertiary/aromatic N) is 2. The van der Waals surface area contributed by atoms with Crippen LogP contribution in [-0.2, 0) is 16.0 Å². The molecule has 0 aliphatic carbocycles. The maximum Gasteiger partial charge on any atom is 0.331 e. The highest BCUT2D eigenvalue weighted by Crippen LogP contribution is 2.24. The van der Waals surface area contributed by atoms with Crippen LogP contribution in [0.25, 0.3) is 11.5 Å². The van der Waals surface area contributed by atoms with Crippen molar-refractivity contribution >= 4 is 11.7 Å². The van der Waals surface area contributed by atoms with E-state index in [1.54, 1.807) is 6.92 Å². The van der Waals surface area contributed by atoms with E-state index in [-0.39, 0.29) is 19.0 Å². The van der Waals surface area contributed by atoms with Crippen molar-refractivity contribution in [3.8, 4) is 11.5 Å². The molecule has 4 rings (SSSR count). The summed E-state index contributed by atoms with van der Waals surface area (Å²) < 4.78 is 11.4. The van der Waals surface area contributed by atoms with Gasteiger partial charge in [0.1, 0.15) is 5.76 Å². The Balaban J connectivity index is 1.73. The lowest BCUT2D eigenvalue weighted by Crippen LogP contribution is -2.26. The molecule has 0 bridgehead atoms. The van der Waals surface area contributed by atoms with Gasteiger partial charge in [-0.25, -0.2) is 9.78 Å². The van der Waals surface area contributed by atoms with Crippen LogP contribution in [0.2, 0.25) is 0 Å². The van der Waals surface area contributed by atoms with E-state index in [0.717, 1.165) is 28.1 Å². The average Bonchev–Trinajstić information content (AvgIpc) is 3.23. The van der Waals surface area contributed by atoms with Gasteiger partial charge in [-0.15, -0.1) is 0 Å². The van der Waals surface area contributed by atoms with E-state index in [0.29, 0.717) is 11.7 Å². The summed E-state index contributed by atoms with van der Waals surface area (Å²) in [6.45, 7) is 3.95. The summed E-state index contributed by atoms with van der Waals surface area (Å²) in [5.41, 5.74) is 4.21. The molecule has 0 aliphatic heterocycles. The normalized spacial score (nSPS) is 11.6. The van der Waals surface area contributed by atoms with Crippen molar-refractivity contribution in [1.82, 2.24) is 4.98 Å². The van der Waals surface area contributed by atoms with Gasteiger partial charge in [-0.1, -0.05) is 78.9 Å². The first-order valence-corrected chi connectivity index (χ1v) is 11.0. The van der Waals surface area contributed by atoms with Crippen molar-refractivity contribution in [3.63, 3.8) is 0 Å². The standard InChI is InChI=1S/C28H26N2O3/c1-3-32-28(31)24(19-25-20(2)29-27(33-25)23-17-11-6-12-18-23)30-26(21-13-7-4-8-14-21)22-15-9-5-10-16-22/h4-18,24H,3,19H2,1-2H3. The smallest absolute Gasteiger partial charge is 0.331 e. The van der Waals surface area contributed by atoms with Crippen LogP contribution >= 0.6 is 0 Å². The van der Waals surface area contributed by atoms with Crippen LogP contribution in [0.1, 0.15) is 29.5 Å². The molecule has 3 aromatic carbocycles. The summed E-state index contributed by atoms with van der Waals surface area (Å²) in [4.78, 5) is 22.4. The maximum atomic E-state index is 12.9. The highest BCUT2D eigenvalue weighted by atomic mass is 16.5. The number of carbonyl (C=O) groups excluding carboxylic acids is 1. The molecule has 0 N–H and O–H groups in total. The first-order chi connectivity index (χ1) is 16.2. The third kappa shape index (κ3) is 5.44. The Labute approximate surface area is 193 Å². The van der Waals surface area contributed by atoms with Gasteiger partial charge in [0.15, 0.2) is 6.04 Å². The first-order valence-electron chi connectivity index (χ1n) is 11.0. The summed E-state index contributed by atoms with van der Waals surface area (Å²) in [6, 6.07) is 28.6. The second kappa shape index (κ2) is 10.6. The summed E-state index contributed by atoms with van der Waals surface area (Å²) in [5.74, 6) is 0.760. The third-order valence-corrected chi connectivity index (χ3v) is 5.23. The number of aromatic nitrogens is 1. The quantitative estimate of drug-likeness (QED) is 0.263. The van der Waals surface area contributed by atoms with E-state index in [2.05, 4.69) is 4.98 Å². The Morgan fingerprint density at radius 3 is 2.00 bits per heavy atom. The van der Waals surface area contributed by atoms with Gasteiger partial charge in [0.05, 0.1) is 18.0 Å². The summed E-state index contributed by atoms with van der Waals surface area (Å²) >= 11 is 0. The molecular formula is C28H26N2O3. The number of carbonyl (C=O) groups is 1. The highest BCUT2D eigenvalue weighted by Gasteiger charge is 2.25. The lowest BCUT2D eigenvalue weighted by Gasteiger charge is -2.14. The molecule has 5 heteroatoms. The van der Waals surface area contributed by atoms with Crippen molar-refractivity contribution in [2.75, 3.05) is 6.61 Å². The van der Waals surface area contributed by atoms with Gasteiger partial charge < -0.3 is 9.15 Å². The number of oxazole rings is 1. The number of benzene rings is 3. The first kappa shape index (κ1) is 22.2. The SMILES string of the molecule is CCOC(=O)C(Cc1oc(-c2ccccc2)nc1C)N=C(c1ccccc1)c1ccccc1. The van der Waals surface area contributed by atoms with Crippen molar-refractivity contribution in [2.24, 2.45) is 4.99 Å². The number of hydrogen-bond donors (Lipinski definition) is 0. The number of hydrogen-bond acceptors (Lipinski definition) is 5. The monoisotopic (exact) mass is 438 g/mol. The molecule has 0 saturated carbocycles. The lowest BCUT2D eigenvalue weighted by atomic mass is 10.0. The molecule has 1 heterocycles. The van der Waals surface area contributed by atoms with E-state index in [9.17, 15) is 4.79 Å². The van der Waals surface area contributed by atoms with Crippen molar-refractivity contribution in [1.29, 1.82) is 0 Å². The van der Waals surface area contributed by atoms with Crippen LogP contribution < -0.4 is 0 Å². The minimum atomic E-state index is -0.768. The molecule has 1 aromatic heterocycles. The Bertz CT molecular complexity index is 1170. The van der Waals surface area contributed by atoms with Crippen LogP contribution in [0.3, 0.4) is 0 Å². The molecule has 0 amide bonds. The molecule has 1 atom stereocenters. The fraction of sp³-hybridized carbons (Fsp3) is 0.179. The Morgan fingerprint density at radius 1 is 0.909 bits per heavy atom. The molecule has 0 fully saturated rings. The fourth-order valence-electron chi connectivity index (χ4n) is 3.58. The predicted octanol–water partition coefficient (Wildman–Crippen LogP) is 5.66. The van der Waals surface area contributed by atoms with E-state index in [4.69, 9.17) is 14.1 Å². The topological polar surface area (TPSA) is 64.7 Å². The molecule has 5 nitrogen and oxygen atoms in total. The Kier molecular flexibility index (Phi) is 7.10. The molecule has 0 saturated heterocycles. The van der Waals surface area contributed by atoms with E-state index in [1.807, 2.05) is 97.9 Å². The molecule has 33 heavy (non-hydrogen) atoms. The molecular weight excluding hydrogens is 412 g/mol. The minimum Gasteiger partial charge on any atom is -0.464 e. The van der Waals surface area contributed by atoms with Crippen molar-refractivity contribution in [3.05, 3.63) is 114 Å². The number of rotatable bonds is 8. The zero-order chi connectivity index (χ0) is 23.0. The molecule has 4 aromatic rings. The second-order valence-corrected chi connectivity index (χ2v) is 7.58. The summed E-state index contributed by atoms with van der Waals surface area (Å²) in [6.07, 6.45) is 0.258. The summed E-state index contributed by atoms with van der Waals surface area (Å²) in [5, 5.41) is 0. The zero-order valence-electron chi connectivity index (χ0n) is 18.8. The van der Waals surface area contributed by atoms with Gasteiger partial charge >= 0.3 is 5.97 Å². The number of aliphatic imine (C=N–C) groups is 1. The molecule has 0 spiro atoms. The van der Waals surface area contributed by atoms with E-state index >= 15 is 0 Å². The number of esters is 1. The van der Waals surface area contributed by atoms with E-state index in [1.165, 1.54) is 0 Å². The number of ether oxygens (including phenoxy) is 1. The largest absolute Gasteiger partial charge is 0.464 e. The van der Waals surface area contributed by atoms with Gasteiger partial charge in [-0.2, -0.15) is 0 Å². The van der Waals surface area contributed by atoms with Crippen LogP contribution in [0.15, 0.2) is 100 Å². The average molecular weight is 439 g/mol. The van der Waals surface area contributed by atoms with Crippen LogP contribution in [0.4, 0.5) is 0 Å². The van der Waals surface area contributed by atoms with Gasteiger partial charge in [-0.3, -0.25) is 4.99 Å². The van der Waals surface area contributed by atoms with Crippen molar-refractivity contribution < 1.29 is 13.9 Å². The van der Waals surface area contributed by atoms with E-state index < -0.39 is 6.04 Å². The molecule has 1 unspecified atom stereocenters. The Morgan fingerprint density at radius 2 is 1.45 bits per heavy atom. The summed E-state index contributed by atoms with van der Waals surface area (Å²) in [7, 11) is 0. The number of aryl methyl sites for hydroxylation is 1. The van der Waals surface area contributed by atoms with Gasteiger partial charge in [0.25, 0.3) is 0 Å². The fourth-order valence-corrected chi connectivity index (χ4v) is 3.58. The highest BCUT2D eigenvalue weighted by molar-refractivity contribution is 6.13. The van der Waals surface area contributed by atoms with Gasteiger partial charge in [-0.05, 0) is 26.0 Å². The molecule has 166 valence electrons. The van der Waals surface area contributed by atoms with Crippen LogP contribution in [0, 0.1) is 6.92 Å². The Hall–Kier alpha value is -3.99. The van der Waals surface area contributed by atoms with Crippen molar-refractivity contribution in [2.45, 2.75) is 26.3 Å². The van der Waals surface area contributed by atoms with Crippen LogP contribution in [-0.4, -0.2) is 29.3 Å². The third-order valence-electron chi connectivity index (χ3n) is 5.23.